The van der Waals surface area contributed by atoms with Crippen molar-refractivity contribution in [2.75, 3.05) is 0 Å². The van der Waals surface area contributed by atoms with Crippen molar-refractivity contribution in [3.05, 3.63) is 95.1 Å². The minimum Gasteiger partial charge on any atom is -0.294 e. The van der Waals surface area contributed by atoms with Gasteiger partial charge in [-0.2, -0.15) is 5.26 Å². The third-order valence-corrected chi connectivity index (χ3v) is 5.84. The highest BCUT2D eigenvalue weighted by molar-refractivity contribution is 6.01. The second-order valence-corrected chi connectivity index (χ2v) is 8.94. The lowest BCUT2D eigenvalue weighted by Crippen LogP contribution is -2.26. The number of nitrogens with zero attached hydrogens (tertiary/aromatic N) is 1. The molecule has 0 heterocycles. The second kappa shape index (κ2) is 8.62. The minimum atomic E-state index is -0.300. The van der Waals surface area contributed by atoms with Crippen LogP contribution in [0.1, 0.15) is 63.0 Å². The number of ketones is 1. The molecule has 2 aromatic rings. The number of hydrogen-bond acceptors (Lipinski definition) is 2. The Morgan fingerprint density at radius 1 is 1.03 bits per heavy atom. The lowest BCUT2D eigenvalue weighted by atomic mass is 9.70. The maximum Gasteiger partial charge on any atom is 0.163 e. The average Bonchev–Trinajstić information content (AvgIpc) is 2.67. The van der Waals surface area contributed by atoms with E-state index in [0.29, 0.717) is 12.8 Å². The van der Waals surface area contributed by atoms with E-state index in [1.165, 1.54) is 0 Å². The number of hydrogen-bond donors (Lipinski definition) is 0. The van der Waals surface area contributed by atoms with Crippen LogP contribution in [0.25, 0.3) is 0 Å². The summed E-state index contributed by atoms with van der Waals surface area (Å²) in [7, 11) is 0. The molecule has 0 saturated carbocycles. The Labute approximate surface area is 174 Å². The fraction of sp³-hybridized carbons (Fsp3) is 0.333. The summed E-state index contributed by atoms with van der Waals surface area (Å²) < 4.78 is 0. The predicted molar refractivity (Wildman–Crippen MR) is 118 cm³/mol. The quantitative estimate of drug-likeness (QED) is 0.555. The molecule has 0 aromatic heterocycles. The molecule has 0 saturated heterocycles. The van der Waals surface area contributed by atoms with E-state index in [1.807, 2.05) is 48.5 Å². The molecule has 2 heteroatoms. The molecule has 0 radical (unpaired) electrons. The number of allylic oxidation sites excluding steroid dienone is 3. The van der Waals surface area contributed by atoms with Gasteiger partial charge in [0.25, 0.3) is 0 Å². The van der Waals surface area contributed by atoms with Crippen LogP contribution < -0.4 is 0 Å². The molecular formula is C27H29NO. The normalized spacial score (nSPS) is 18.1. The lowest BCUT2D eigenvalue weighted by Gasteiger charge is -2.33. The molecule has 3 rings (SSSR count). The Morgan fingerprint density at radius 3 is 2.10 bits per heavy atom. The Balaban J connectivity index is 1.97. The van der Waals surface area contributed by atoms with Gasteiger partial charge in [0.15, 0.2) is 5.78 Å². The van der Waals surface area contributed by atoms with Gasteiger partial charge in [-0.3, -0.25) is 4.79 Å². The van der Waals surface area contributed by atoms with Crippen molar-refractivity contribution in [1.29, 1.82) is 5.26 Å². The van der Waals surface area contributed by atoms with Crippen LogP contribution >= 0.6 is 0 Å². The lowest BCUT2D eigenvalue weighted by molar-refractivity contribution is -0.117. The fourth-order valence-electron chi connectivity index (χ4n) is 4.68. The third-order valence-electron chi connectivity index (χ3n) is 5.84. The van der Waals surface area contributed by atoms with Crippen molar-refractivity contribution in [3.63, 3.8) is 0 Å². The van der Waals surface area contributed by atoms with Gasteiger partial charge in [0.05, 0.1) is 12.0 Å². The van der Waals surface area contributed by atoms with Crippen molar-refractivity contribution in [1.82, 2.24) is 0 Å². The molecule has 0 fully saturated rings. The summed E-state index contributed by atoms with van der Waals surface area (Å²) in [5.74, 6) is -0.172. The highest BCUT2D eigenvalue weighted by atomic mass is 16.1. The number of carbonyl (C=O) groups excluding carboxylic acids is 1. The number of carbonyl (C=O) groups is 1. The topological polar surface area (TPSA) is 40.9 Å². The fourth-order valence-corrected chi connectivity index (χ4v) is 4.68. The summed E-state index contributed by atoms with van der Waals surface area (Å²) in [5, 5.41) is 10.0. The Bertz CT molecular complexity index is 961. The van der Waals surface area contributed by atoms with Crippen molar-refractivity contribution >= 4 is 5.78 Å². The summed E-state index contributed by atoms with van der Waals surface area (Å²) in [6.07, 6.45) is 2.05. The molecule has 2 aromatic carbocycles. The van der Waals surface area contributed by atoms with E-state index in [4.69, 9.17) is 0 Å². The highest BCUT2D eigenvalue weighted by Gasteiger charge is 2.34. The second-order valence-electron chi connectivity index (χ2n) is 8.94. The molecule has 0 aliphatic heterocycles. The molecule has 2 nitrogen and oxygen atoms in total. The van der Waals surface area contributed by atoms with Gasteiger partial charge in [-0.05, 0) is 41.9 Å². The molecule has 148 valence electrons. The standard InChI is InChI=1S/C27H29NO/c1-19(26-20(2)16-27(3,4)17-25(26)29)15-23(21-11-7-5-8-12-21)24(18-28)22-13-9-6-10-14-22/h5-14,23-24H,1,15-17H2,2-4H3. The maximum absolute atomic E-state index is 12.9. The van der Waals surface area contributed by atoms with Crippen LogP contribution in [0.3, 0.4) is 0 Å². The molecule has 0 bridgehead atoms. The highest BCUT2D eigenvalue weighted by Crippen LogP contribution is 2.43. The molecule has 29 heavy (non-hydrogen) atoms. The molecule has 2 atom stereocenters. The number of Topliss-reactive ketones (excluding diaryl/α,β-unsaturated/α-hetero) is 1. The van der Waals surface area contributed by atoms with Crippen molar-refractivity contribution in [2.24, 2.45) is 5.41 Å². The van der Waals surface area contributed by atoms with E-state index >= 15 is 0 Å². The first-order chi connectivity index (χ1) is 13.8. The molecule has 1 aliphatic rings. The molecule has 2 unspecified atom stereocenters. The molecule has 0 amide bonds. The van der Waals surface area contributed by atoms with Gasteiger partial charge in [0.2, 0.25) is 0 Å². The molecule has 1 aliphatic carbocycles. The number of rotatable bonds is 6. The van der Waals surface area contributed by atoms with Crippen LogP contribution in [0, 0.1) is 16.7 Å². The predicted octanol–water partition coefficient (Wildman–Crippen LogP) is 6.73. The zero-order valence-electron chi connectivity index (χ0n) is 17.6. The summed E-state index contributed by atoms with van der Waals surface area (Å²) >= 11 is 0. The smallest absolute Gasteiger partial charge is 0.163 e. The van der Waals surface area contributed by atoms with E-state index in [1.54, 1.807) is 0 Å². The van der Waals surface area contributed by atoms with Crippen LogP contribution in [0.4, 0.5) is 0 Å². The summed E-state index contributed by atoms with van der Waals surface area (Å²) in [4.78, 5) is 12.9. The monoisotopic (exact) mass is 383 g/mol. The zero-order valence-corrected chi connectivity index (χ0v) is 17.6. The average molecular weight is 384 g/mol. The first-order valence-electron chi connectivity index (χ1n) is 10.2. The SMILES string of the molecule is C=C(CC(c1ccccc1)C(C#N)c1ccccc1)C1=C(C)CC(C)(C)CC1=O. The van der Waals surface area contributed by atoms with E-state index < -0.39 is 0 Å². The zero-order chi connectivity index (χ0) is 21.0. The Kier molecular flexibility index (Phi) is 6.18. The summed E-state index contributed by atoms with van der Waals surface area (Å²) in [6, 6.07) is 22.6. The largest absolute Gasteiger partial charge is 0.294 e. The molecular weight excluding hydrogens is 354 g/mol. The van der Waals surface area contributed by atoms with Gasteiger partial charge < -0.3 is 0 Å². The Morgan fingerprint density at radius 2 is 1.59 bits per heavy atom. The van der Waals surface area contributed by atoms with Crippen molar-refractivity contribution in [2.45, 2.75) is 51.9 Å². The van der Waals surface area contributed by atoms with Crippen LogP contribution in [0.2, 0.25) is 0 Å². The van der Waals surface area contributed by atoms with E-state index in [2.05, 4.69) is 45.6 Å². The van der Waals surface area contributed by atoms with Crippen LogP contribution in [0.5, 0.6) is 0 Å². The van der Waals surface area contributed by atoms with Crippen molar-refractivity contribution in [3.8, 4) is 6.07 Å². The number of nitriles is 1. The van der Waals surface area contributed by atoms with Gasteiger partial charge in [0.1, 0.15) is 0 Å². The summed E-state index contributed by atoms with van der Waals surface area (Å²) in [6.45, 7) is 10.6. The van der Waals surface area contributed by atoms with E-state index in [0.717, 1.165) is 34.3 Å². The van der Waals surface area contributed by atoms with Gasteiger partial charge in [-0.1, -0.05) is 86.7 Å². The van der Waals surface area contributed by atoms with E-state index in [9.17, 15) is 10.1 Å². The van der Waals surface area contributed by atoms with Gasteiger partial charge in [0, 0.05) is 17.9 Å². The number of benzene rings is 2. The van der Waals surface area contributed by atoms with Crippen LogP contribution in [-0.2, 0) is 4.79 Å². The maximum atomic E-state index is 12.9. The van der Waals surface area contributed by atoms with Gasteiger partial charge >= 0.3 is 0 Å². The Hall–Kier alpha value is -2.92. The van der Waals surface area contributed by atoms with Gasteiger partial charge in [-0.25, -0.2) is 0 Å². The summed E-state index contributed by atoms with van der Waals surface area (Å²) in [5.41, 5.74) is 4.88. The first-order valence-corrected chi connectivity index (χ1v) is 10.2. The van der Waals surface area contributed by atoms with Crippen LogP contribution in [-0.4, -0.2) is 5.78 Å². The minimum absolute atomic E-state index is 0.00298. The van der Waals surface area contributed by atoms with Gasteiger partial charge in [-0.15, -0.1) is 0 Å². The first kappa shape index (κ1) is 20.8. The van der Waals surface area contributed by atoms with Crippen LogP contribution in [0.15, 0.2) is 84.0 Å². The molecule has 0 spiro atoms. The van der Waals surface area contributed by atoms with E-state index in [-0.39, 0.29) is 23.0 Å². The van der Waals surface area contributed by atoms with Crippen molar-refractivity contribution < 1.29 is 4.79 Å². The molecule has 0 N–H and O–H groups in total. The third kappa shape index (κ3) is 4.74.